The molecule has 0 aromatic heterocycles. The van der Waals surface area contributed by atoms with E-state index in [-0.39, 0.29) is 0 Å². The van der Waals surface area contributed by atoms with Crippen molar-refractivity contribution in [3.05, 3.63) is 0 Å². The van der Waals surface area contributed by atoms with Gasteiger partial charge in [0, 0.05) is 0 Å². The third-order valence-electron chi connectivity index (χ3n) is 2.46. The molecule has 3 N–H and O–H groups in total. The summed E-state index contributed by atoms with van der Waals surface area (Å²) in [6.45, 7) is 4.66. The summed E-state index contributed by atoms with van der Waals surface area (Å²) in [5, 5.41) is 2.75. The van der Waals surface area contributed by atoms with Gasteiger partial charge in [-0.2, -0.15) is 0 Å². The highest BCUT2D eigenvalue weighted by molar-refractivity contribution is 4.71. The van der Waals surface area contributed by atoms with Crippen molar-refractivity contribution in [2.24, 2.45) is 5.73 Å². The summed E-state index contributed by atoms with van der Waals surface area (Å²) in [5.41, 5.74) is 5.95. The molecule has 14 heavy (non-hydrogen) atoms. The molecule has 0 aliphatic carbocycles. The topological polar surface area (TPSA) is 41.3 Å². The lowest BCUT2D eigenvalue weighted by atomic mass is 10.1. The summed E-state index contributed by atoms with van der Waals surface area (Å²) >= 11 is 0. The number of unbranched alkanes of at least 4 members (excludes halogenated alkanes) is 1. The molecule has 1 saturated heterocycles. The maximum atomic E-state index is 5.95. The third kappa shape index (κ3) is 6.35. The minimum atomic E-state index is 0.357. The van der Waals surface area contributed by atoms with E-state index in [1.165, 1.54) is 45.2 Å². The van der Waals surface area contributed by atoms with Crippen LogP contribution >= 0.6 is 0 Å². The molecule has 1 heterocycles. The van der Waals surface area contributed by atoms with Crippen LogP contribution in [-0.4, -0.2) is 38.3 Å². The highest BCUT2D eigenvalue weighted by Gasteiger charge is 2.16. The first-order valence-corrected chi connectivity index (χ1v) is 5.84. The van der Waals surface area contributed by atoms with E-state index in [2.05, 4.69) is 17.1 Å². The van der Waals surface area contributed by atoms with E-state index < -0.39 is 0 Å². The number of hydrogen-bond acceptors (Lipinski definition) is 3. The molecule has 1 unspecified atom stereocenters. The first-order chi connectivity index (χ1) is 6.76. The molecule has 0 radical (unpaired) electrons. The highest BCUT2D eigenvalue weighted by atomic mass is 15.2. The maximum Gasteiger partial charge on any atom is 0.0571 e. The van der Waals surface area contributed by atoms with E-state index in [9.17, 15) is 0 Å². The van der Waals surface area contributed by atoms with Gasteiger partial charge < -0.3 is 11.1 Å². The molecule has 0 aromatic carbocycles. The van der Waals surface area contributed by atoms with Crippen molar-refractivity contribution in [1.29, 1.82) is 0 Å². The van der Waals surface area contributed by atoms with Crippen molar-refractivity contribution < 1.29 is 0 Å². The van der Waals surface area contributed by atoms with Crippen molar-refractivity contribution in [3.63, 3.8) is 0 Å². The number of hydrogen-bond donors (Lipinski definition) is 2. The molecule has 1 atom stereocenters. The van der Waals surface area contributed by atoms with Gasteiger partial charge in [0.2, 0.25) is 0 Å². The third-order valence-corrected chi connectivity index (χ3v) is 2.46. The molecule has 1 aliphatic rings. The predicted molar refractivity (Wildman–Crippen MR) is 63.3 cm³/mol. The van der Waals surface area contributed by atoms with Gasteiger partial charge in [0.05, 0.1) is 6.17 Å². The van der Waals surface area contributed by atoms with Crippen LogP contribution in [0.1, 0.15) is 39.0 Å². The Hall–Kier alpha value is -0.120. The zero-order chi connectivity index (χ0) is 10.8. The van der Waals surface area contributed by atoms with Crippen LogP contribution in [-0.2, 0) is 0 Å². The van der Waals surface area contributed by atoms with Crippen LogP contribution in [0.5, 0.6) is 0 Å². The molecule has 0 saturated carbocycles. The number of nitrogens with one attached hydrogen (secondary N) is 1. The Kier molecular flexibility index (Phi) is 9.35. The normalized spacial score (nSPS) is 22.7. The molecule has 0 amide bonds. The molecule has 1 aliphatic heterocycles. The van der Waals surface area contributed by atoms with E-state index in [4.69, 9.17) is 5.73 Å². The molecule has 0 bridgehead atoms. The second-order valence-electron chi connectivity index (χ2n) is 3.95. The van der Waals surface area contributed by atoms with Crippen molar-refractivity contribution in [2.75, 3.05) is 27.2 Å². The largest absolute Gasteiger partial charge is 0.323 e. The molecule has 1 fully saturated rings. The molecule has 3 heteroatoms. The standard InChI is InChI=1S/C9H20N2.C2H7N/c1-2-3-7-11-8-5-4-6-9(11)10;1-3-2/h9H,2-8,10H2,1H3;3H,1-2H3. The number of rotatable bonds is 3. The lowest BCUT2D eigenvalue weighted by molar-refractivity contribution is 0.150. The van der Waals surface area contributed by atoms with Crippen LogP contribution in [0.2, 0.25) is 0 Å². The van der Waals surface area contributed by atoms with Gasteiger partial charge in [0.1, 0.15) is 0 Å². The predicted octanol–water partition coefficient (Wildman–Crippen LogP) is 1.39. The van der Waals surface area contributed by atoms with Gasteiger partial charge in [-0.3, -0.25) is 4.90 Å². The molecule has 0 spiro atoms. The van der Waals surface area contributed by atoms with Crippen molar-refractivity contribution >= 4 is 0 Å². The molecule has 0 aromatic rings. The van der Waals surface area contributed by atoms with Gasteiger partial charge in [-0.15, -0.1) is 0 Å². The minimum Gasteiger partial charge on any atom is -0.323 e. The van der Waals surface area contributed by atoms with Gasteiger partial charge in [0.15, 0.2) is 0 Å². The SMILES string of the molecule is CCCCN1CCCCC1N.CNC. The highest BCUT2D eigenvalue weighted by Crippen LogP contribution is 2.13. The van der Waals surface area contributed by atoms with E-state index in [1.807, 2.05) is 14.1 Å². The van der Waals surface area contributed by atoms with E-state index in [0.717, 1.165) is 0 Å². The van der Waals surface area contributed by atoms with Crippen LogP contribution in [0.3, 0.4) is 0 Å². The lowest BCUT2D eigenvalue weighted by Crippen LogP contribution is -2.45. The zero-order valence-corrected chi connectivity index (χ0v) is 10.1. The van der Waals surface area contributed by atoms with Gasteiger partial charge in [0.25, 0.3) is 0 Å². The number of piperidine rings is 1. The molecule has 1 rings (SSSR count). The lowest BCUT2D eigenvalue weighted by Gasteiger charge is -2.32. The van der Waals surface area contributed by atoms with Gasteiger partial charge >= 0.3 is 0 Å². The number of likely N-dealkylation sites (tertiary alicyclic amines) is 1. The molecule has 86 valence electrons. The van der Waals surface area contributed by atoms with Gasteiger partial charge in [-0.05, 0) is 52.9 Å². The Morgan fingerprint density at radius 1 is 1.36 bits per heavy atom. The second-order valence-corrected chi connectivity index (χ2v) is 3.95. The average molecular weight is 201 g/mol. The smallest absolute Gasteiger partial charge is 0.0571 e. The number of nitrogens with zero attached hydrogens (tertiary/aromatic N) is 1. The summed E-state index contributed by atoms with van der Waals surface area (Å²) < 4.78 is 0. The summed E-state index contributed by atoms with van der Waals surface area (Å²) in [5.74, 6) is 0. The van der Waals surface area contributed by atoms with E-state index >= 15 is 0 Å². The summed E-state index contributed by atoms with van der Waals surface area (Å²) in [6, 6.07) is 0. The fraction of sp³-hybridized carbons (Fsp3) is 1.00. The van der Waals surface area contributed by atoms with Crippen molar-refractivity contribution in [1.82, 2.24) is 10.2 Å². The van der Waals surface area contributed by atoms with Crippen LogP contribution in [0.4, 0.5) is 0 Å². The Labute approximate surface area is 89.0 Å². The summed E-state index contributed by atoms with van der Waals surface area (Å²) in [6.07, 6.45) is 6.80. The summed E-state index contributed by atoms with van der Waals surface area (Å²) in [4.78, 5) is 2.42. The Morgan fingerprint density at radius 3 is 2.50 bits per heavy atom. The van der Waals surface area contributed by atoms with Gasteiger partial charge in [-0.1, -0.05) is 13.3 Å². The number of nitrogens with two attached hydrogens (primary N) is 1. The molecular formula is C11H27N3. The minimum absolute atomic E-state index is 0.357. The fourth-order valence-corrected chi connectivity index (χ4v) is 1.66. The van der Waals surface area contributed by atoms with Gasteiger partial charge in [-0.25, -0.2) is 0 Å². The second kappa shape index (κ2) is 9.44. The maximum absolute atomic E-state index is 5.95. The van der Waals surface area contributed by atoms with Crippen molar-refractivity contribution in [3.8, 4) is 0 Å². The van der Waals surface area contributed by atoms with Crippen LogP contribution in [0.15, 0.2) is 0 Å². The Balaban J connectivity index is 0.000000500. The Morgan fingerprint density at radius 2 is 2.00 bits per heavy atom. The van der Waals surface area contributed by atoms with Crippen LogP contribution in [0.25, 0.3) is 0 Å². The van der Waals surface area contributed by atoms with Crippen LogP contribution < -0.4 is 11.1 Å². The molecular weight excluding hydrogens is 174 g/mol. The fourth-order valence-electron chi connectivity index (χ4n) is 1.66. The first kappa shape index (κ1) is 13.9. The van der Waals surface area contributed by atoms with E-state index in [1.54, 1.807) is 0 Å². The van der Waals surface area contributed by atoms with E-state index in [0.29, 0.717) is 6.17 Å². The molecule has 3 nitrogen and oxygen atoms in total. The first-order valence-electron chi connectivity index (χ1n) is 5.84. The Bertz CT molecular complexity index is 117. The summed E-state index contributed by atoms with van der Waals surface area (Å²) in [7, 11) is 3.75. The zero-order valence-electron chi connectivity index (χ0n) is 10.1. The van der Waals surface area contributed by atoms with Crippen LogP contribution in [0, 0.1) is 0 Å². The monoisotopic (exact) mass is 201 g/mol. The van der Waals surface area contributed by atoms with Crippen molar-refractivity contribution in [2.45, 2.75) is 45.2 Å². The quantitative estimate of drug-likeness (QED) is 0.725. The average Bonchev–Trinajstić information content (AvgIpc) is 2.18.